The second kappa shape index (κ2) is 13.8. The van der Waals surface area contributed by atoms with Gasteiger partial charge in [-0.2, -0.15) is 0 Å². The summed E-state index contributed by atoms with van der Waals surface area (Å²) in [6, 6.07) is 15.6. The lowest BCUT2D eigenvalue weighted by Crippen LogP contribution is -2.38. The molecule has 9 nitrogen and oxygen atoms in total. The number of carboxylic acid groups (broad SMARTS) is 1. The van der Waals surface area contributed by atoms with Crippen molar-refractivity contribution in [2.24, 2.45) is 0 Å². The number of benzene rings is 2. The first kappa shape index (κ1) is 28.2. The maximum atomic E-state index is 12.1. The van der Waals surface area contributed by atoms with Gasteiger partial charge in [0.2, 0.25) is 5.91 Å². The van der Waals surface area contributed by atoms with Gasteiger partial charge in [0.25, 0.3) is 0 Å². The van der Waals surface area contributed by atoms with Gasteiger partial charge in [0.15, 0.2) is 6.29 Å². The number of hydrogen-bond acceptors (Lipinski definition) is 7. The Bertz CT molecular complexity index is 1040. The first-order chi connectivity index (χ1) is 18.4. The highest BCUT2D eigenvalue weighted by Gasteiger charge is 2.34. The van der Waals surface area contributed by atoms with E-state index in [0.29, 0.717) is 38.8 Å². The Hall–Kier alpha value is -2.82. The zero-order valence-corrected chi connectivity index (χ0v) is 21.6. The molecule has 0 radical (unpaired) electrons. The summed E-state index contributed by atoms with van der Waals surface area (Å²) in [4.78, 5) is 24.9. The number of β-amino-alcohol motifs (C(OH)–C–C–N with tert-alkyl or cyclic N) is 1. The van der Waals surface area contributed by atoms with Crippen LogP contribution in [0.5, 0.6) is 0 Å². The molecule has 2 fully saturated rings. The van der Waals surface area contributed by atoms with Crippen molar-refractivity contribution in [3.8, 4) is 0 Å². The number of rotatable bonds is 12. The van der Waals surface area contributed by atoms with Gasteiger partial charge in [-0.25, -0.2) is 0 Å². The maximum absolute atomic E-state index is 12.1. The molecule has 0 bridgehead atoms. The number of aliphatic hydroxyl groups is 2. The van der Waals surface area contributed by atoms with Crippen molar-refractivity contribution in [2.75, 3.05) is 19.6 Å². The van der Waals surface area contributed by atoms with Crippen molar-refractivity contribution in [3.63, 3.8) is 0 Å². The summed E-state index contributed by atoms with van der Waals surface area (Å²) in [5.41, 5.74) is 3.71. The molecule has 4 rings (SSSR count). The zero-order valence-electron chi connectivity index (χ0n) is 21.6. The average molecular weight is 527 g/mol. The number of carbonyl (C=O) groups is 2. The van der Waals surface area contributed by atoms with Gasteiger partial charge in [-0.15, -0.1) is 0 Å². The number of carboxylic acids is 1. The molecule has 2 heterocycles. The van der Waals surface area contributed by atoms with Crippen molar-refractivity contribution >= 4 is 11.9 Å². The Labute approximate surface area is 223 Å². The number of nitrogens with zero attached hydrogens (tertiary/aromatic N) is 1. The van der Waals surface area contributed by atoms with Gasteiger partial charge in [0, 0.05) is 51.0 Å². The van der Waals surface area contributed by atoms with Crippen LogP contribution < -0.4 is 5.32 Å². The number of likely N-dealkylation sites (tertiary alicyclic amines) is 1. The third-order valence-corrected chi connectivity index (χ3v) is 7.11. The molecule has 38 heavy (non-hydrogen) atoms. The molecule has 2 saturated heterocycles. The minimum Gasteiger partial charge on any atom is -0.481 e. The number of amides is 1. The van der Waals surface area contributed by atoms with E-state index in [9.17, 15) is 19.8 Å². The molecule has 2 aliphatic heterocycles. The second-order valence-electron chi connectivity index (χ2n) is 10.2. The van der Waals surface area contributed by atoms with Crippen LogP contribution in [-0.4, -0.2) is 63.9 Å². The van der Waals surface area contributed by atoms with Crippen LogP contribution in [0.2, 0.25) is 0 Å². The van der Waals surface area contributed by atoms with E-state index < -0.39 is 12.3 Å². The van der Waals surface area contributed by atoms with Gasteiger partial charge in [-0.1, -0.05) is 48.5 Å². The Kier molecular flexibility index (Phi) is 10.3. The number of unbranched alkanes of at least 4 members (excludes halogenated alkanes) is 1. The smallest absolute Gasteiger partial charge is 0.303 e. The Morgan fingerprint density at radius 1 is 0.947 bits per heavy atom. The summed E-state index contributed by atoms with van der Waals surface area (Å²) in [6.07, 6.45) is 1.82. The molecule has 4 N–H and O–H groups in total. The number of aliphatic carboxylic acids is 1. The molecular formula is C29H38N2O7. The zero-order chi connectivity index (χ0) is 26.9. The van der Waals surface area contributed by atoms with Crippen LogP contribution in [-0.2, 0) is 32.2 Å². The van der Waals surface area contributed by atoms with Crippen molar-refractivity contribution < 1.29 is 34.4 Å². The van der Waals surface area contributed by atoms with Gasteiger partial charge in [0.05, 0.1) is 24.9 Å². The van der Waals surface area contributed by atoms with Gasteiger partial charge in [0.1, 0.15) is 0 Å². The standard InChI is InChI=1S/C29H38N2O7/c32-19-21-7-9-22(10-8-21)26-15-25(18-31-14-13-24(33)17-31)37-29(38-26)23-11-5-20(6-12-23)16-30-27(34)3-1-2-4-28(35)36/h5-12,24-26,29,32-33H,1-4,13-19H2,(H,30,34)(H,35,36)/t24-,25-,26+,29+/m0/s1. The molecule has 0 aliphatic carbocycles. The molecule has 1 amide bonds. The molecule has 4 atom stereocenters. The van der Waals surface area contributed by atoms with Crippen LogP contribution in [0.15, 0.2) is 48.5 Å². The van der Waals surface area contributed by atoms with Gasteiger partial charge >= 0.3 is 5.97 Å². The van der Waals surface area contributed by atoms with E-state index in [4.69, 9.17) is 14.6 Å². The molecular weight excluding hydrogens is 488 g/mol. The highest BCUT2D eigenvalue weighted by Crippen LogP contribution is 2.38. The van der Waals surface area contributed by atoms with Crippen LogP contribution in [0.4, 0.5) is 0 Å². The normalized spacial score (nSPS) is 23.8. The van der Waals surface area contributed by atoms with Crippen LogP contribution in [0.1, 0.15) is 73.2 Å². The average Bonchev–Trinajstić information content (AvgIpc) is 3.34. The largest absolute Gasteiger partial charge is 0.481 e. The van der Waals surface area contributed by atoms with Crippen LogP contribution in [0.25, 0.3) is 0 Å². The van der Waals surface area contributed by atoms with Crippen LogP contribution in [0.3, 0.4) is 0 Å². The lowest BCUT2D eigenvalue weighted by Gasteiger charge is -2.37. The fourth-order valence-corrected chi connectivity index (χ4v) is 4.94. The van der Waals surface area contributed by atoms with Crippen LogP contribution in [0, 0.1) is 0 Å². The van der Waals surface area contributed by atoms with E-state index >= 15 is 0 Å². The summed E-state index contributed by atoms with van der Waals surface area (Å²) in [7, 11) is 0. The molecule has 2 aromatic rings. The molecule has 0 saturated carbocycles. The predicted octanol–water partition coefficient (Wildman–Crippen LogP) is 3.05. The van der Waals surface area contributed by atoms with Crippen molar-refractivity contribution in [2.45, 2.75) is 76.3 Å². The molecule has 206 valence electrons. The Morgan fingerprint density at radius 2 is 1.63 bits per heavy atom. The fraction of sp³-hybridized carbons (Fsp3) is 0.517. The van der Waals surface area contributed by atoms with Gasteiger partial charge in [-0.3, -0.25) is 14.5 Å². The monoisotopic (exact) mass is 526 g/mol. The summed E-state index contributed by atoms with van der Waals surface area (Å²) in [6.45, 7) is 2.61. The van der Waals surface area contributed by atoms with E-state index in [1.54, 1.807) is 0 Å². The highest BCUT2D eigenvalue weighted by molar-refractivity contribution is 5.75. The summed E-state index contributed by atoms with van der Waals surface area (Å²) in [5, 5.41) is 30.9. The predicted molar refractivity (Wildman–Crippen MR) is 140 cm³/mol. The lowest BCUT2D eigenvalue weighted by atomic mass is 9.99. The number of hydrogen-bond donors (Lipinski definition) is 4. The Balaban J connectivity index is 1.36. The van der Waals surface area contributed by atoms with E-state index in [1.165, 1.54) is 0 Å². The molecule has 0 aromatic heterocycles. The van der Waals surface area contributed by atoms with Crippen molar-refractivity contribution in [1.29, 1.82) is 0 Å². The number of carbonyl (C=O) groups excluding carboxylic acids is 1. The minimum atomic E-state index is -0.844. The van der Waals surface area contributed by atoms with E-state index in [-0.39, 0.29) is 37.2 Å². The number of aliphatic hydroxyl groups excluding tert-OH is 2. The SMILES string of the molecule is O=C(O)CCCCC(=O)NCc1ccc([C@@H]2O[C@H](CN3CC[C@H](O)C3)C[C@H](c3ccc(CO)cc3)O2)cc1. The summed E-state index contributed by atoms with van der Waals surface area (Å²) >= 11 is 0. The molecule has 2 aliphatic rings. The Morgan fingerprint density at radius 3 is 2.29 bits per heavy atom. The van der Waals surface area contributed by atoms with E-state index in [2.05, 4.69) is 10.2 Å². The van der Waals surface area contributed by atoms with Crippen LogP contribution >= 0.6 is 0 Å². The quantitative estimate of drug-likeness (QED) is 0.311. The third-order valence-electron chi connectivity index (χ3n) is 7.11. The highest BCUT2D eigenvalue weighted by atomic mass is 16.7. The van der Waals surface area contributed by atoms with E-state index in [0.717, 1.165) is 41.8 Å². The van der Waals surface area contributed by atoms with Crippen molar-refractivity contribution in [3.05, 3.63) is 70.8 Å². The molecule has 0 spiro atoms. The first-order valence-electron chi connectivity index (χ1n) is 13.4. The lowest BCUT2D eigenvalue weighted by molar-refractivity contribution is -0.252. The fourth-order valence-electron chi connectivity index (χ4n) is 4.94. The topological polar surface area (TPSA) is 129 Å². The molecule has 0 unspecified atom stereocenters. The maximum Gasteiger partial charge on any atom is 0.303 e. The van der Waals surface area contributed by atoms with Crippen molar-refractivity contribution in [1.82, 2.24) is 10.2 Å². The number of nitrogens with one attached hydrogen (secondary N) is 1. The van der Waals surface area contributed by atoms with E-state index in [1.807, 2.05) is 48.5 Å². The van der Waals surface area contributed by atoms with Gasteiger partial charge in [-0.05, 0) is 36.0 Å². The molecule has 9 heteroatoms. The minimum absolute atomic E-state index is 0.00498. The third kappa shape index (κ3) is 8.34. The summed E-state index contributed by atoms with van der Waals surface area (Å²) < 4.78 is 12.8. The summed E-state index contributed by atoms with van der Waals surface area (Å²) in [5.74, 6) is -0.938. The second-order valence-corrected chi connectivity index (χ2v) is 10.2. The molecule has 2 aromatic carbocycles. The first-order valence-corrected chi connectivity index (χ1v) is 13.4. The van der Waals surface area contributed by atoms with Gasteiger partial charge < -0.3 is 30.1 Å². The number of ether oxygens (including phenoxy) is 2.